The van der Waals surface area contributed by atoms with Crippen LogP contribution < -0.4 is 5.32 Å². The lowest BCUT2D eigenvalue weighted by Gasteiger charge is -2.38. The Morgan fingerprint density at radius 1 is 1.17 bits per heavy atom. The Morgan fingerprint density at radius 2 is 1.79 bits per heavy atom. The molecule has 1 amide bonds. The van der Waals surface area contributed by atoms with Crippen LogP contribution in [0.2, 0.25) is 0 Å². The predicted octanol–water partition coefficient (Wildman–Crippen LogP) is 4.03. The van der Waals surface area contributed by atoms with Crippen molar-refractivity contribution < 1.29 is 22.7 Å². The van der Waals surface area contributed by atoms with Gasteiger partial charge in [0.1, 0.15) is 0 Å². The van der Waals surface area contributed by atoms with E-state index >= 15 is 0 Å². The molecule has 0 heterocycles. The molecule has 0 aliphatic heterocycles. The van der Waals surface area contributed by atoms with Crippen molar-refractivity contribution >= 4 is 5.91 Å². The predicted molar refractivity (Wildman–Crippen MR) is 85.3 cm³/mol. The summed E-state index contributed by atoms with van der Waals surface area (Å²) in [5.41, 5.74) is -3.21. The van der Waals surface area contributed by atoms with Gasteiger partial charge in [0.15, 0.2) is 0 Å². The molecule has 6 heteroatoms. The monoisotopic (exact) mass is 343 g/mol. The van der Waals surface area contributed by atoms with Crippen LogP contribution in [0.1, 0.15) is 38.7 Å². The smallest absolute Gasteiger partial charge is 0.356 e. The van der Waals surface area contributed by atoms with Gasteiger partial charge in [-0.2, -0.15) is 13.2 Å². The first-order chi connectivity index (χ1) is 11.2. The Kier molecular flexibility index (Phi) is 5.58. The van der Waals surface area contributed by atoms with Gasteiger partial charge in [-0.3, -0.25) is 4.79 Å². The zero-order valence-electron chi connectivity index (χ0n) is 14.2. The first-order valence-corrected chi connectivity index (χ1v) is 8.20. The van der Waals surface area contributed by atoms with E-state index in [1.54, 1.807) is 6.07 Å². The largest absolute Gasteiger partial charge is 0.430 e. The molecule has 1 aromatic rings. The fourth-order valence-electron chi connectivity index (χ4n) is 3.43. The lowest BCUT2D eigenvalue weighted by molar-refractivity contribution is -0.266. The van der Waals surface area contributed by atoms with Crippen molar-refractivity contribution in [3.05, 3.63) is 35.9 Å². The SMILES string of the molecule is CO[C@](C(=O)N[C@H]1C[C@@H](C)CC[C@H]1C)(c1ccccc1)C(F)(F)F. The number of hydrogen-bond acceptors (Lipinski definition) is 2. The van der Waals surface area contributed by atoms with Crippen LogP contribution in [-0.4, -0.2) is 25.2 Å². The summed E-state index contributed by atoms with van der Waals surface area (Å²) in [6, 6.07) is 6.79. The van der Waals surface area contributed by atoms with Crippen LogP contribution in [0.5, 0.6) is 0 Å². The van der Waals surface area contributed by atoms with Crippen LogP contribution in [0.25, 0.3) is 0 Å². The Bertz CT molecular complexity index is 561. The summed E-state index contributed by atoms with van der Waals surface area (Å²) in [4.78, 5) is 12.7. The van der Waals surface area contributed by atoms with E-state index in [1.807, 2.05) is 6.92 Å². The summed E-state index contributed by atoms with van der Waals surface area (Å²) >= 11 is 0. The molecule has 1 aromatic carbocycles. The zero-order chi connectivity index (χ0) is 18.0. The number of carbonyl (C=O) groups excluding carboxylic acids is 1. The molecule has 1 N–H and O–H groups in total. The van der Waals surface area contributed by atoms with E-state index in [9.17, 15) is 18.0 Å². The summed E-state index contributed by atoms with van der Waals surface area (Å²) in [7, 11) is 0.924. The summed E-state index contributed by atoms with van der Waals surface area (Å²) in [5, 5.41) is 2.61. The van der Waals surface area contributed by atoms with Crippen LogP contribution >= 0.6 is 0 Å². The minimum absolute atomic E-state index is 0.142. The molecule has 134 valence electrons. The molecule has 24 heavy (non-hydrogen) atoms. The van der Waals surface area contributed by atoms with E-state index in [1.165, 1.54) is 24.3 Å². The van der Waals surface area contributed by atoms with Gasteiger partial charge in [0.25, 0.3) is 11.5 Å². The third kappa shape index (κ3) is 3.43. The lowest BCUT2D eigenvalue weighted by Crippen LogP contribution is -2.58. The second-order valence-corrected chi connectivity index (χ2v) is 6.72. The van der Waals surface area contributed by atoms with Gasteiger partial charge in [-0.25, -0.2) is 0 Å². The van der Waals surface area contributed by atoms with Crippen molar-refractivity contribution in [1.29, 1.82) is 0 Å². The summed E-state index contributed by atoms with van der Waals surface area (Å²) in [6.45, 7) is 4.01. The second-order valence-electron chi connectivity index (χ2n) is 6.72. The molecule has 1 fully saturated rings. The van der Waals surface area contributed by atoms with Gasteiger partial charge in [-0.1, -0.05) is 50.6 Å². The van der Waals surface area contributed by atoms with E-state index in [0.717, 1.165) is 20.0 Å². The second kappa shape index (κ2) is 7.13. The van der Waals surface area contributed by atoms with Crippen LogP contribution in [0.15, 0.2) is 30.3 Å². The number of amides is 1. The number of ether oxygens (including phenoxy) is 1. The van der Waals surface area contributed by atoms with Gasteiger partial charge in [0, 0.05) is 18.7 Å². The standard InChI is InChI=1S/C18H24F3NO2/c1-12-9-10-13(2)15(11-12)22-16(23)17(24-3,18(19,20)21)14-7-5-4-6-8-14/h4-8,12-13,15H,9-11H2,1-3H3,(H,22,23)/t12-,13+,15-,17-/m0/s1. The average molecular weight is 343 g/mol. The van der Waals surface area contributed by atoms with Gasteiger partial charge < -0.3 is 10.1 Å². The number of benzene rings is 1. The van der Waals surface area contributed by atoms with Crippen molar-refractivity contribution in [2.45, 2.75) is 50.9 Å². The lowest BCUT2D eigenvalue weighted by atomic mass is 9.79. The van der Waals surface area contributed by atoms with Crippen molar-refractivity contribution in [3.8, 4) is 0 Å². The number of alkyl halides is 3. The Morgan fingerprint density at radius 3 is 2.33 bits per heavy atom. The maximum absolute atomic E-state index is 13.9. The number of methoxy groups -OCH3 is 1. The van der Waals surface area contributed by atoms with Crippen molar-refractivity contribution in [2.75, 3.05) is 7.11 Å². The van der Waals surface area contributed by atoms with Crippen molar-refractivity contribution in [3.63, 3.8) is 0 Å². The average Bonchev–Trinajstić information content (AvgIpc) is 2.52. The molecule has 1 aliphatic carbocycles. The normalized spacial score (nSPS) is 27.3. The minimum atomic E-state index is -4.86. The number of rotatable bonds is 4. The van der Waals surface area contributed by atoms with Gasteiger partial charge in [0.2, 0.25) is 0 Å². The molecule has 1 aliphatic rings. The molecular formula is C18H24F3NO2. The van der Waals surface area contributed by atoms with Gasteiger partial charge in [0.05, 0.1) is 0 Å². The first-order valence-electron chi connectivity index (χ1n) is 8.20. The molecule has 0 radical (unpaired) electrons. The van der Waals surface area contributed by atoms with E-state index in [-0.39, 0.29) is 17.5 Å². The van der Waals surface area contributed by atoms with Crippen LogP contribution in [-0.2, 0) is 15.1 Å². The number of nitrogens with one attached hydrogen (secondary N) is 1. The fraction of sp³-hybridized carbons (Fsp3) is 0.611. The van der Waals surface area contributed by atoms with Gasteiger partial charge >= 0.3 is 6.18 Å². The van der Waals surface area contributed by atoms with E-state index in [4.69, 9.17) is 4.74 Å². The highest BCUT2D eigenvalue weighted by atomic mass is 19.4. The molecule has 3 nitrogen and oxygen atoms in total. The molecule has 1 saturated carbocycles. The zero-order valence-corrected chi connectivity index (χ0v) is 14.2. The van der Waals surface area contributed by atoms with Gasteiger partial charge in [-0.15, -0.1) is 0 Å². The van der Waals surface area contributed by atoms with Crippen LogP contribution in [0.3, 0.4) is 0 Å². The third-order valence-corrected chi connectivity index (χ3v) is 4.98. The molecule has 0 saturated heterocycles. The molecule has 0 spiro atoms. The summed E-state index contributed by atoms with van der Waals surface area (Å²) in [6.07, 6.45) is -2.26. The maximum Gasteiger partial charge on any atom is 0.430 e. The molecule has 0 unspecified atom stereocenters. The molecular weight excluding hydrogens is 319 g/mol. The minimum Gasteiger partial charge on any atom is -0.356 e. The highest BCUT2D eigenvalue weighted by molar-refractivity contribution is 5.88. The topological polar surface area (TPSA) is 38.3 Å². The number of halogens is 3. The Hall–Kier alpha value is -1.56. The van der Waals surface area contributed by atoms with E-state index < -0.39 is 17.7 Å². The van der Waals surface area contributed by atoms with Crippen LogP contribution in [0.4, 0.5) is 13.2 Å². The molecule has 4 atom stereocenters. The highest BCUT2D eigenvalue weighted by Crippen LogP contribution is 2.42. The van der Waals surface area contributed by atoms with Crippen molar-refractivity contribution in [2.24, 2.45) is 11.8 Å². The Labute approximate surface area is 140 Å². The maximum atomic E-state index is 13.9. The highest BCUT2D eigenvalue weighted by Gasteiger charge is 2.62. The van der Waals surface area contributed by atoms with Crippen LogP contribution in [0, 0.1) is 11.8 Å². The van der Waals surface area contributed by atoms with E-state index in [2.05, 4.69) is 12.2 Å². The molecule has 0 aromatic heterocycles. The summed E-state index contributed by atoms with van der Waals surface area (Å²) in [5.74, 6) is -0.621. The Balaban J connectivity index is 2.35. The van der Waals surface area contributed by atoms with Crippen molar-refractivity contribution in [1.82, 2.24) is 5.32 Å². The number of carbonyl (C=O) groups is 1. The number of hydrogen-bond donors (Lipinski definition) is 1. The fourth-order valence-corrected chi connectivity index (χ4v) is 3.43. The van der Waals surface area contributed by atoms with E-state index in [0.29, 0.717) is 12.3 Å². The molecule has 0 bridgehead atoms. The first kappa shape index (κ1) is 18.8. The van der Waals surface area contributed by atoms with Gasteiger partial charge in [-0.05, 0) is 24.7 Å². The molecule has 2 rings (SSSR count). The third-order valence-electron chi connectivity index (χ3n) is 4.98. The summed E-state index contributed by atoms with van der Waals surface area (Å²) < 4.78 is 46.4. The quantitative estimate of drug-likeness (QED) is 0.896.